The largest absolute Gasteiger partial charge is 0.367 e. The van der Waals surface area contributed by atoms with Crippen LogP contribution >= 0.6 is 15.9 Å². The third-order valence-electron chi connectivity index (χ3n) is 2.18. The topological polar surface area (TPSA) is 24.9 Å². The summed E-state index contributed by atoms with van der Waals surface area (Å²) in [7, 11) is 0. The first kappa shape index (κ1) is 8.05. The van der Waals surface area contributed by atoms with Crippen LogP contribution in [-0.2, 0) is 0 Å². The summed E-state index contributed by atoms with van der Waals surface area (Å²) in [5, 5.41) is 3.37. The van der Waals surface area contributed by atoms with E-state index in [4.69, 9.17) is 0 Å². The van der Waals surface area contributed by atoms with E-state index in [2.05, 4.69) is 26.2 Å². The van der Waals surface area contributed by atoms with E-state index in [0.717, 1.165) is 10.3 Å². The van der Waals surface area contributed by atoms with Gasteiger partial charge < -0.3 is 5.32 Å². The van der Waals surface area contributed by atoms with E-state index in [-0.39, 0.29) is 0 Å². The van der Waals surface area contributed by atoms with Gasteiger partial charge in [0.05, 0.1) is 0 Å². The molecule has 0 unspecified atom stereocenters. The number of anilines is 1. The molecule has 64 valence electrons. The number of rotatable bonds is 2. The van der Waals surface area contributed by atoms with Gasteiger partial charge in [-0.15, -0.1) is 0 Å². The van der Waals surface area contributed by atoms with Crippen LogP contribution in [-0.4, -0.2) is 11.0 Å². The zero-order chi connectivity index (χ0) is 8.39. The molecular formula is C9H11BrN2. The maximum Gasteiger partial charge on any atom is 0.126 e. The van der Waals surface area contributed by atoms with Gasteiger partial charge in [-0.2, -0.15) is 0 Å². The lowest BCUT2D eigenvalue weighted by atomic mass is 9.93. The third-order valence-corrected chi connectivity index (χ3v) is 2.65. The zero-order valence-electron chi connectivity index (χ0n) is 6.76. The van der Waals surface area contributed by atoms with Gasteiger partial charge in [0, 0.05) is 16.7 Å². The van der Waals surface area contributed by atoms with E-state index in [1.807, 2.05) is 18.3 Å². The van der Waals surface area contributed by atoms with Crippen LogP contribution in [0, 0.1) is 0 Å². The first-order chi connectivity index (χ1) is 5.84. The minimum Gasteiger partial charge on any atom is -0.367 e. The Balaban J connectivity index is 1.98. The van der Waals surface area contributed by atoms with Crippen LogP contribution < -0.4 is 5.32 Å². The van der Waals surface area contributed by atoms with E-state index in [1.54, 1.807) is 0 Å². The SMILES string of the molecule is Brc1ccc(NC2CCC2)nc1. The van der Waals surface area contributed by atoms with Crippen molar-refractivity contribution < 1.29 is 0 Å². The average Bonchev–Trinajstić information content (AvgIpc) is 2.00. The third kappa shape index (κ3) is 1.78. The molecule has 0 amide bonds. The van der Waals surface area contributed by atoms with Gasteiger partial charge in [0.2, 0.25) is 0 Å². The van der Waals surface area contributed by atoms with Gasteiger partial charge in [-0.1, -0.05) is 0 Å². The minimum absolute atomic E-state index is 0.665. The van der Waals surface area contributed by atoms with Gasteiger partial charge in [0.1, 0.15) is 5.82 Å². The molecule has 0 bridgehead atoms. The molecule has 0 aliphatic heterocycles. The fraction of sp³-hybridized carbons (Fsp3) is 0.444. The van der Waals surface area contributed by atoms with Crippen molar-refractivity contribution in [2.45, 2.75) is 25.3 Å². The van der Waals surface area contributed by atoms with Crippen LogP contribution in [0.2, 0.25) is 0 Å². The van der Waals surface area contributed by atoms with Crippen molar-refractivity contribution in [2.24, 2.45) is 0 Å². The van der Waals surface area contributed by atoms with Gasteiger partial charge in [0.15, 0.2) is 0 Å². The summed E-state index contributed by atoms with van der Waals surface area (Å²) < 4.78 is 1.03. The molecule has 0 aromatic carbocycles. The highest BCUT2D eigenvalue weighted by atomic mass is 79.9. The molecule has 1 fully saturated rings. The lowest BCUT2D eigenvalue weighted by Gasteiger charge is -2.26. The molecule has 1 aromatic heterocycles. The summed E-state index contributed by atoms with van der Waals surface area (Å²) in [4.78, 5) is 4.24. The smallest absolute Gasteiger partial charge is 0.126 e. The summed E-state index contributed by atoms with van der Waals surface area (Å²) in [5.41, 5.74) is 0. The van der Waals surface area contributed by atoms with Crippen LogP contribution in [0.5, 0.6) is 0 Å². The number of halogens is 1. The van der Waals surface area contributed by atoms with Crippen LogP contribution in [0.3, 0.4) is 0 Å². The van der Waals surface area contributed by atoms with Crippen molar-refractivity contribution in [3.05, 3.63) is 22.8 Å². The molecule has 0 spiro atoms. The van der Waals surface area contributed by atoms with Crippen molar-refractivity contribution in [3.8, 4) is 0 Å². The van der Waals surface area contributed by atoms with Gasteiger partial charge in [-0.3, -0.25) is 0 Å². The Morgan fingerprint density at radius 1 is 1.42 bits per heavy atom. The van der Waals surface area contributed by atoms with Crippen molar-refractivity contribution in [1.29, 1.82) is 0 Å². The van der Waals surface area contributed by atoms with E-state index < -0.39 is 0 Å². The predicted octanol–water partition coefficient (Wildman–Crippen LogP) is 2.81. The quantitative estimate of drug-likeness (QED) is 0.840. The van der Waals surface area contributed by atoms with Crippen molar-refractivity contribution in [2.75, 3.05) is 5.32 Å². The summed E-state index contributed by atoms with van der Waals surface area (Å²) >= 11 is 3.35. The summed E-state index contributed by atoms with van der Waals surface area (Å²) in [6.07, 6.45) is 5.75. The minimum atomic E-state index is 0.665. The predicted molar refractivity (Wildman–Crippen MR) is 53.2 cm³/mol. The molecule has 1 heterocycles. The lowest BCUT2D eigenvalue weighted by Crippen LogP contribution is -2.27. The average molecular weight is 227 g/mol. The number of hydrogen-bond acceptors (Lipinski definition) is 2. The molecule has 0 radical (unpaired) electrons. The van der Waals surface area contributed by atoms with E-state index in [9.17, 15) is 0 Å². The van der Waals surface area contributed by atoms with Gasteiger partial charge in [-0.05, 0) is 47.3 Å². The van der Waals surface area contributed by atoms with E-state index in [0.29, 0.717) is 6.04 Å². The van der Waals surface area contributed by atoms with Crippen LogP contribution in [0.1, 0.15) is 19.3 Å². The Morgan fingerprint density at radius 3 is 2.75 bits per heavy atom. The molecule has 1 aromatic rings. The highest BCUT2D eigenvalue weighted by Crippen LogP contribution is 2.22. The Kier molecular flexibility index (Phi) is 2.30. The summed E-state index contributed by atoms with van der Waals surface area (Å²) in [5.74, 6) is 0.989. The Hall–Kier alpha value is -0.570. The number of nitrogens with one attached hydrogen (secondary N) is 1. The maximum absolute atomic E-state index is 4.24. The van der Waals surface area contributed by atoms with Crippen molar-refractivity contribution in [1.82, 2.24) is 4.98 Å². The van der Waals surface area contributed by atoms with Crippen LogP contribution in [0.15, 0.2) is 22.8 Å². The zero-order valence-corrected chi connectivity index (χ0v) is 8.34. The molecule has 2 rings (SSSR count). The fourth-order valence-corrected chi connectivity index (χ4v) is 1.46. The maximum atomic E-state index is 4.24. The molecule has 1 aliphatic carbocycles. The number of aromatic nitrogens is 1. The molecular weight excluding hydrogens is 216 g/mol. The Bertz CT molecular complexity index is 254. The number of hydrogen-bond donors (Lipinski definition) is 1. The lowest BCUT2D eigenvalue weighted by molar-refractivity contribution is 0.444. The number of pyridine rings is 1. The first-order valence-corrected chi connectivity index (χ1v) is 5.02. The molecule has 0 saturated heterocycles. The second-order valence-electron chi connectivity index (χ2n) is 3.13. The molecule has 12 heavy (non-hydrogen) atoms. The highest BCUT2D eigenvalue weighted by Gasteiger charge is 2.16. The van der Waals surface area contributed by atoms with Crippen LogP contribution in [0.25, 0.3) is 0 Å². The van der Waals surface area contributed by atoms with Crippen LogP contribution in [0.4, 0.5) is 5.82 Å². The van der Waals surface area contributed by atoms with E-state index in [1.165, 1.54) is 19.3 Å². The molecule has 0 atom stereocenters. The number of nitrogens with zero attached hydrogens (tertiary/aromatic N) is 1. The molecule has 1 saturated carbocycles. The van der Waals surface area contributed by atoms with Gasteiger partial charge in [0.25, 0.3) is 0 Å². The molecule has 1 aliphatic rings. The summed E-state index contributed by atoms with van der Waals surface area (Å²) in [6, 6.07) is 4.68. The second-order valence-corrected chi connectivity index (χ2v) is 4.05. The van der Waals surface area contributed by atoms with Crippen molar-refractivity contribution in [3.63, 3.8) is 0 Å². The van der Waals surface area contributed by atoms with E-state index >= 15 is 0 Å². The first-order valence-electron chi connectivity index (χ1n) is 4.23. The van der Waals surface area contributed by atoms with Gasteiger partial charge in [-0.25, -0.2) is 4.98 Å². The molecule has 3 heteroatoms. The standard InChI is InChI=1S/C9H11BrN2/c10-7-4-5-9(11-6-7)12-8-2-1-3-8/h4-6,8H,1-3H2,(H,11,12). The van der Waals surface area contributed by atoms with Crippen molar-refractivity contribution >= 4 is 21.7 Å². The Labute approximate surface area is 80.5 Å². The molecule has 2 nitrogen and oxygen atoms in total. The van der Waals surface area contributed by atoms with Gasteiger partial charge >= 0.3 is 0 Å². The normalized spacial score (nSPS) is 17.1. The monoisotopic (exact) mass is 226 g/mol. The highest BCUT2D eigenvalue weighted by molar-refractivity contribution is 9.10. The Morgan fingerprint density at radius 2 is 2.25 bits per heavy atom. The summed E-state index contributed by atoms with van der Waals surface area (Å²) in [6.45, 7) is 0. The fourth-order valence-electron chi connectivity index (χ4n) is 1.22. The second kappa shape index (κ2) is 3.44. The molecule has 1 N–H and O–H groups in total.